The number of aliphatic carboxylic acids is 2. The molecule has 5 heteroatoms. The summed E-state index contributed by atoms with van der Waals surface area (Å²) in [6, 6.07) is 0. The van der Waals surface area contributed by atoms with Crippen molar-refractivity contribution in [1.82, 2.24) is 0 Å². The molecule has 0 radical (unpaired) electrons. The minimum atomic E-state index is -0.893. The second kappa shape index (κ2) is 17.6. The average molecular weight is 353 g/mol. The van der Waals surface area contributed by atoms with Crippen LogP contribution < -0.4 is 5.11 Å². The second-order valence-electron chi connectivity index (χ2n) is 5.15. The summed E-state index contributed by atoms with van der Waals surface area (Å²) >= 11 is 0. The van der Waals surface area contributed by atoms with Gasteiger partial charge in [-0.25, -0.2) is 0 Å². The molecule has 0 aliphatic carbocycles. The number of carboxylic acid groups (broad SMARTS) is 2. The van der Waals surface area contributed by atoms with Crippen molar-refractivity contribution >= 4 is 11.9 Å². The van der Waals surface area contributed by atoms with Crippen LogP contribution in [0.4, 0.5) is 0 Å². The molecule has 0 spiro atoms. The van der Waals surface area contributed by atoms with E-state index in [2.05, 4.69) is 13.8 Å². The monoisotopic (exact) mass is 351 g/mol. The van der Waals surface area contributed by atoms with Crippen LogP contribution in [0.3, 0.4) is 0 Å². The average Bonchev–Trinajstić information content (AvgIpc) is 2.40. The van der Waals surface area contributed by atoms with Crippen LogP contribution in [0.5, 0.6) is 0 Å². The van der Waals surface area contributed by atoms with Gasteiger partial charge in [0.05, 0.1) is 5.92 Å². The topological polar surface area (TPSA) is 77.4 Å². The van der Waals surface area contributed by atoms with E-state index >= 15 is 0 Å². The summed E-state index contributed by atoms with van der Waals surface area (Å²) in [6.07, 6.45) is 7.24. The van der Waals surface area contributed by atoms with Gasteiger partial charge in [0.1, 0.15) is 0 Å². The Labute approximate surface area is 142 Å². The molecule has 0 amide bonds. The van der Waals surface area contributed by atoms with Crippen molar-refractivity contribution in [3.05, 3.63) is 0 Å². The summed E-state index contributed by atoms with van der Waals surface area (Å²) in [5.74, 6) is -1.87. The fraction of sp³-hybridized carbons (Fsp3) is 0.875. The van der Waals surface area contributed by atoms with E-state index in [0.717, 1.165) is 44.9 Å². The van der Waals surface area contributed by atoms with Crippen molar-refractivity contribution in [3.63, 3.8) is 0 Å². The van der Waals surface area contributed by atoms with Gasteiger partial charge in [0, 0.05) is 5.97 Å². The van der Waals surface area contributed by atoms with E-state index in [0.29, 0.717) is 6.42 Å². The van der Waals surface area contributed by atoms with E-state index in [4.69, 9.17) is 5.11 Å². The first-order valence-corrected chi connectivity index (χ1v) is 7.87. The Hall–Kier alpha value is -0.437. The fourth-order valence-electron chi connectivity index (χ4n) is 1.89. The summed E-state index contributed by atoms with van der Waals surface area (Å²) in [6.45, 7) is 7.95. The molecule has 2 atom stereocenters. The molecule has 0 fully saturated rings. The Morgan fingerprint density at radius 1 is 0.905 bits per heavy atom. The molecule has 0 aromatic rings. The number of rotatable bonds is 10. The molecule has 4 nitrogen and oxygen atoms in total. The van der Waals surface area contributed by atoms with Crippen LogP contribution >= 0.6 is 0 Å². The maximum atomic E-state index is 10.4. The van der Waals surface area contributed by atoms with Crippen LogP contribution in [0.2, 0.25) is 0 Å². The van der Waals surface area contributed by atoms with Crippen molar-refractivity contribution in [2.24, 2.45) is 11.8 Å². The molecule has 0 heterocycles. The minimum Gasteiger partial charge on any atom is -0.550 e. The molecule has 0 bridgehead atoms. The quantitative estimate of drug-likeness (QED) is 0.612. The standard InChI is InChI=1S/2C8H16O2.Zn/c2*1-3-5-6-7(4-2)8(9)10;/h2*7H,3-6H2,1-2H3,(H,9,10);/q;;+2/p-1. The zero-order valence-electron chi connectivity index (χ0n) is 14.2. The molecule has 120 valence electrons. The van der Waals surface area contributed by atoms with Crippen molar-refractivity contribution in [2.75, 3.05) is 0 Å². The van der Waals surface area contributed by atoms with Crippen molar-refractivity contribution in [3.8, 4) is 0 Å². The molecule has 2 unspecified atom stereocenters. The maximum absolute atomic E-state index is 10.4. The number of carbonyl (C=O) groups is 2. The van der Waals surface area contributed by atoms with E-state index in [-0.39, 0.29) is 31.3 Å². The molecule has 0 aromatic carbocycles. The summed E-state index contributed by atoms with van der Waals surface area (Å²) in [4.78, 5) is 20.8. The number of hydrogen-bond acceptors (Lipinski definition) is 3. The van der Waals surface area contributed by atoms with Gasteiger partial charge in [-0.05, 0) is 31.6 Å². The Morgan fingerprint density at radius 3 is 1.52 bits per heavy atom. The molecule has 0 saturated carbocycles. The Bertz CT molecular complexity index is 231. The van der Waals surface area contributed by atoms with Gasteiger partial charge in [-0.2, -0.15) is 0 Å². The van der Waals surface area contributed by atoms with Gasteiger partial charge in [0.25, 0.3) is 0 Å². The first-order chi connectivity index (χ1) is 9.44. The Morgan fingerprint density at radius 2 is 1.29 bits per heavy atom. The van der Waals surface area contributed by atoms with Gasteiger partial charge in [0.15, 0.2) is 0 Å². The Kier molecular flexibility index (Phi) is 21.4. The van der Waals surface area contributed by atoms with Crippen LogP contribution in [-0.4, -0.2) is 17.0 Å². The summed E-state index contributed by atoms with van der Waals surface area (Å²) in [5, 5.41) is 18.9. The molecule has 0 aromatic heterocycles. The van der Waals surface area contributed by atoms with Gasteiger partial charge in [0.2, 0.25) is 0 Å². The number of carbonyl (C=O) groups excluding carboxylic acids is 1. The number of carboxylic acids is 2. The zero-order valence-corrected chi connectivity index (χ0v) is 17.2. The van der Waals surface area contributed by atoms with Crippen molar-refractivity contribution < 1.29 is 39.3 Å². The molecule has 0 rings (SSSR count). The van der Waals surface area contributed by atoms with E-state index in [1.54, 1.807) is 0 Å². The molecule has 21 heavy (non-hydrogen) atoms. The van der Waals surface area contributed by atoms with Crippen LogP contribution in [-0.2, 0) is 29.1 Å². The summed E-state index contributed by atoms with van der Waals surface area (Å²) in [7, 11) is 0. The minimum absolute atomic E-state index is 0. The number of unbranched alkanes of at least 4 members (excludes halogenated alkanes) is 2. The molecule has 0 aliphatic rings. The van der Waals surface area contributed by atoms with Crippen molar-refractivity contribution in [1.29, 1.82) is 0 Å². The zero-order chi connectivity index (χ0) is 16.0. The van der Waals surface area contributed by atoms with E-state index < -0.39 is 11.9 Å². The van der Waals surface area contributed by atoms with Crippen LogP contribution in [0.1, 0.15) is 79.1 Å². The third kappa shape index (κ3) is 15.8. The van der Waals surface area contributed by atoms with Gasteiger partial charge < -0.3 is 15.0 Å². The second-order valence-corrected chi connectivity index (χ2v) is 5.15. The third-order valence-corrected chi connectivity index (χ3v) is 3.48. The van der Waals surface area contributed by atoms with Crippen molar-refractivity contribution in [2.45, 2.75) is 79.1 Å². The molecule has 0 saturated heterocycles. The predicted octanol–water partition coefficient (Wildman–Crippen LogP) is 3.24. The van der Waals surface area contributed by atoms with Gasteiger partial charge in [-0.1, -0.05) is 53.4 Å². The first-order valence-electron chi connectivity index (χ1n) is 7.87. The SMILES string of the molecule is CCCCC(CC)C(=O)O.CCCCC(CC)C(=O)[O-].[Zn+2]. The molecular weight excluding hydrogens is 322 g/mol. The van der Waals surface area contributed by atoms with Crippen LogP contribution in [0.15, 0.2) is 0 Å². The van der Waals surface area contributed by atoms with Gasteiger partial charge in [-0.3, -0.25) is 4.79 Å². The van der Waals surface area contributed by atoms with E-state index in [9.17, 15) is 14.7 Å². The molecule has 0 aliphatic heterocycles. The maximum Gasteiger partial charge on any atom is 2.00 e. The largest absolute Gasteiger partial charge is 2.00 e. The smallest absolute Gasteiger partial charge is 0.550 e. The third-order valence-electron chi connectivity index (χ3n) is 3.48. The fourth-order valence-corrected chi connectivity index (χ4v) is 1.89. The van der Waals surface area contributed by atoms with Gasteiger partial charge in [-0.15, -0.1) is 0 Å². The molecular formula is C16H31O4Zn+. The van der Waals surface area contributed by atoms with Crippen LogP contribution in [0, 0.1) is 11.8 Å². The predicted molar refractivity (Wildman–Crippen MR) is 79.3 cm³/mol. The van der Waals surface area contributed by atoms with Crippen LogP contribution in [0.25, 0.3) is 0 Å². The summed E-state index contributed by atoms with van der Waals surface area (Å²) in [5.41, 5.74) is 0. The Balaban J connectivity index is -0.000000295. The number of hydrogen-bond donors (Lipinski definition) is 1. The summed E-state index contributed by atoms with van der Waals surface area (Å²) < 4.78 is 0. The van der Waals surface area contributed by atoms with E-state index in [1.165, 1.54) is 0 Å². The first kappa shape index (κ1) is 25.5. The van der Waals surface area contributed by atoms with Gasteiger partial charge >= 0.3 is 25.4 Å². The van der Waals surface area contributed by atoms with E-state index in [1.807, 2.05) is 13.8 Å². The molecule has 1 N–H and O–H groups in total. The normalized spacial score (nSPS) is 12.4.